The molecule has 2 rings (SSSR count). The first kappa shape index (κ1) is 17.0. The molecule has 102 valence electrons. The van der Waals surface area contributed by atoms with Crippen LogP contribution < -0.4 is 10.2 Å². The number of carbonyl (C=O) groups is 1. The average molecular weight is 294 g/mol. The molecule has 0 radical (unpaired) electrons. The smallest absolute Gasteiger partial charge is 0.339 e. The maximum atomic E-state index is 11.2. The van der Waals surface area contributed by atoms with E-state index in [4.69, 9.17) is 0 Å². The van der Waals surface area contributed by atoms with E-state index in [9.17, 15) is 4.79 Å². The summed E-state index contributed by atoms with van der Waals surface area (Å²) in [5, 5.41) is 3.28. The number of halogens is 2. The molecule has 7 heteroatoms. The van der Waals surface area contributed by atoms with Crippen LogP contribution in [0, 0.1) is 0 Å². The fraction of sp³-hybridized carbons (Fsp3) is 0.455. The van der Waals surface area contributed by atoms with E-state index in [0.717, 1.165) is 32.0 Å². The van der Waals surface area contributed by atoms with Gasteiger partial charge in [0.15, 0.2) is 0 Å². The molecule has 1 aromatic heterocycles. The highest BCUT2D eigenvalue weighted by atomic mass is 35.5. The molecule has 0 aromatic carbocycles. The second-order valence-electron chi connectivity index (χ2n) is 3.63. The molecule has 0 spiro atoms. The van der Waals surface area contributed by atoms with Gasteiger partial charge in [-0.15, -0.1) is 24.8 Å². The Bertz CT molecular complexity index is 367. The number of aromatic nitrogens is 1. The summed E-state index contributed by atoms with van der Waals surface area (Å²) in [5.41, 5.74) is 0.487. The van der Waals surface area contributed by atoms with Crippen molar-refractivity contribution in [3.63, 3.8) is 0 Å². The predicted molar refractivity (Wildman–Crippen MR) is 75.2 cm³/mol. The van der Waals surface area contributed by atoms with Gasteiger partial charge in [0.25, 0.3) is 0 Å². The summed E-state index contributed by atoms with van der Waals surface area (Å²) in [4.78, 5) is 17.7. The number of methoxy groups -OCH3 is 1. The molecule has 0 aliphatic carbocycles. The zero-order valence-electron chi connectivity index (χ0n) is 10.1. The van der Waals surface area contributed by atoms with Gasteiger partial charge in [0.05, 0.1) is 12.7 Å². The van der Waals surface area contributed by atoms with Crippen molar-refractivity contribution in [2.75, 3.05) is 38.2 Å². The highest BCUT2D eigenvalue weighted by Crippen LogP contribution is 2.12. The zero-order chi connectivity index (χ0) is 11.4. The molecule has 0 atom stereocenters. The third kappa shape index (κ3) is 4.01. The summed E-state index contributed by atoms with van der Waals surface area (Å²) < 4.78 is 4.62. The van der Waals surface area contributed by atoms with Crippen molar-refractivity contribution in [3.05, 3.63) is 23.9 Å². The summed E-state index contributed by atoms with van der Waals surface area (Å²) >= 11 is 0. The fourth-order valence-corrected chi connectivity index (χ4v) is 1.71. The van der Waals surface area contributed by atoms with Crippen LogP contribution in [-0.2, 0) is 4.74 Å². The maximum absolute atomic E-state index is 11.2. The molecule has 0 unspecified atom stereocenters. The van der Waals surface area contributed by atoms with Crippen LogP contribution in [0.1, 0.15) is 10.4 Å². The minimum absolute atomic E-state index is 0. The van der Waals surface area contributed by atoms with Crippen molar-refractivity contribution in [2.24, 2.45) is 0 Å². The van der Waals surface area contributed by atoms with Crippen LogP contribution in [0.25, 0.3) is 0 Å². The molecule has 0 amide bonds. The Kier molecular flexibility index (Phi) is 7.66. The summed E-state index contributed by atoms with van der Waals surface area (Å²) in [6.45, 7) is 3.84. The van der Waals surface area contributed by atoms with Crippen LogP contribution in [0.4, 0.5) is 5.82 Å². The van der Waals surface area contributed by atoms with Gasteiger partial charge < -0.3 is 15.0 Å². The molecular formula is C11H17Cl2N3O2. The third-order valence-electron chi connectivity index (χ3n) is 2.61. The SMILES string of the molecule is COC(=O)c1ccc(N2CCNCC2)nc1.Cl.Cl. The van der Waals surface area contributed by atoms with Crippen molar-refractivity contribution >= 4 is 36.6 Å². The quantitative estimate of drug-likeness (QED) is 0.828. The van der Waals surface area contributed by atoms with Gasteiger partial charge in [-0.05, 0) is 12.1 Å². The first-order chi connectivity index (χ1) is 7.81. The summed E-state index contributed by atoms with van der Waals surface area (Å²) in [6, 6.07) is 3.60. The summed E-state index contributed by atoms with van der Waals surface area (Å²) in [5.74, 6) is 0.563. The molecule has 1 aliphatic heterocycles. The van der Waals surface area contributed by atoms with Crippen LogP contribution in [0.2, 0.25) is 0 Å². The number of ether oxygens (including phenoxy) is 1. The van der Waals surface area contributed by atoms with Crippen LogP contribution in [0.15, 0.2) is 18.3 Å². The Morgan fingerprint density at radius 2 is 2.00 bits per heavy atom. The third-order valence-corrected chi connectivity index (χ3v) is 2.61. The molecule has 1 aromatic rings. The molecule has 5 nitrogen and oxygen atoms in total. The molecule has 1 N–H and O–H groups in total. The van der Waals surface area contributed by atoms with E-state index in [0.29, 0.717) is 5.56 Å². The van der Waals surface area contributed by atoms with Gasteiger partial charge in [-0.3, -0.25) is 0 Å². The Balaban J connectivity index is 0.00000144. The average Bonchev–Trinajstić information content (AvgIpc) is 2.39. The van der Waals surface area contributed by atoms with Crippen molar-refractivity contribution in [2.45, 2.75) is 0 Å². The standard InChI is InChI=1S/C11H15N3O2.2ClH/c1-16-11(15)9-2-3-10(13-8-9)14-6-4-12-5-7-14;;/h2-3,8,12H,4-7H2,1H3;2*1H. The number of anilines is 1. The van der Waals surface area contributed by atoms with Gasteiger partial charge >= 0.3 is 5.97 Å². The number of esters is 1. The first-order valence-corrected chi connectivity index (χ1v) is 5.31. The van der Waals surface area contributed by atoms with Crippen molar-refractivity contribution in [1.82, 2.24) is 10.3 Å². The lowest BCUT2D eigenvalue weighted by Gasteiger charge is -2.28. The van der Waals surface area contributed by atoms with E-state index in [-0.39, 0.29) is 30.8 Å². The largest absolute Gasteiger partial charge is 0.465 e. The molecule has 0 saturated carbocycles. The first-order valence-electron chi connectivity index (χ1n) is 5.31. The Hall–Kier alpha value is -1.04. The lowest BCUT2D eigenvalue weighted by molar-refractivity contribution is 0.0600. The molecule has 18 heavy (non-hydrogen) atoms. The fourth-order valence-electron chi connectivity index (χ4n) is 1.71. The number of nitrogens with one attached hydrogen (secondary N) is 1. The number of piperazine rings is 1. The van der Waals surface area contributed by atoms with Crippen LogP contribution in [0.3, 0.4) is 0 Å². The normalized spacial score (nSPS) is 14.2. The van der Waals surface area contributed by atoms with E-state index in [1.165, 1.54) is 7.11 Å². The van der Waals surface area contributed by atoms with E-state index in [1.54, 1.807) is 12.3 Å². The number of carbonyl (C=O) groups excluding carboxylic acids is 1. The molecule has 0 bridgehead atoms. The molecule has 1 saturated heterocycles. The van der Waals surface area contributed by atoms with E-state index >= 15 is 0 Å². The number of pyridine rings is 1. The van der Waals surface area contributed by atoms with Crippen molar-refractivity contribution in [1.29, 1.82) is 0 Å². The molecule has 1 aliphatic rings. The minimum Gasteiger partial charge on any atom is -0.465 e. The Morgan fingerprint density at radius 1 is 1.33 bits per heavy atom. The van der Waals surface area contributed by atoms with Gasteiger partial charge in [0.2, 0.25) is 0 Å². The van der Waals surface area contributed by atoms with Gasteiger partial charge in [-0.2, -0.15) is 0 Å². The van der Waals surface area contributed by atoms with E-state index < -0.39 is 0 Å². The minimum atomic E-state index is -0.348. The van der Waals surface area contributed by atoms with Crippen molar-refractivity contribution in [3.8, 4) is 0 Å². The molecule has 2 heterocycles. The topological polar surface area (TPSA) is 54.5 Å². The monoisotopic (exact) mass is 293 g/mol. The number of rotatable bonds is 2. The van der Waals surface area contributed by atoms with E-state index in [2.05, 4.69) is 19.9 Å². The lowest BCUT2D eigenvalue weighted by atomic mass is 10.2. The van der Waals surface area contributed by atoms with Crippen molar-refractivity contribution < 1.29 is 9.53 Å². The second kappa shape index (κ2) is 8.13. The van der Waals surface area contributed by atoms with E-state index in [1.807, 2.05) is 6.07 Å². The predicted octanol–water partition coefficient (Wildman–Crippen LogP) is 1.12. The second-order valence-corrected chi connectivity index (χ2v) is 3.63. The highest BCUT2D eigenvalue weighted by molar-refractivity contribution is 5.89. The molecular weight excluding hydrogens is 277 g/mol. The summed E-state index contributed by atoms with van der Waals surface area (Å²) in [7, 11) is 1.37. The lowest BCUT2D eigenvalue weighted by Crippen LogP contribution is -2.43. The van der Waals surface area contributed by atoms with Gasteiger partial charge in [0, 0.05) is 32.4 Å². The highest BCUT2D eigenvalue weighted by Gasteiger charge is 2.12. The maximum Gasteiger partial charge on any atom is 0.339 e. The zero-order valence-corrected chi connectivity index (χ0v) is 11.7. The summed E-state index contributed by atoms with van der Waals surface area (Å²) in [6.07, 6.45) is 1.56. The van der Waals surface area contributed by atoms with Crippen LogP contribution in [-0.4, -0.2) is 44.2 Å². The number of nitrogens with zero attached hydrogens (tertiary/aromatic N) is 2. The van der Waals surface area contributed by atoms with Gasteiger partial charge in [0.1, 0.15) is 5.82 Å². The number of hydrogen-bond donors (Lipinski definition) is 1. The molecule has 1 fully saturated rings. The van der Waals surface area contributed by atoms with Crippen LogP contribution >= 0.6 is 24.8 Å². The van der Waals surface area contributed by atoms with Crippen LogP contribution in [0.5, 0.6) is 0 Å². The van der Waals surface area contributed by atoms with Gasteiger partial charge in [-0.1, -0.05) is 0 Å². The Labute approximate surface area is 119 Å². The number of hydrogen-bond acceptors (Lipinski definition) is 5. The Morgan fingerprint density at radius 3 is 2.50 bits per heavy atom. The van der Waals surface area contributed by atoms with Gasteiger partial charge in [-0.25, -0.2) is 9.78 Å².